The van der Waals surface area contributed by atoms with Gasteiger partial charge in [0.1, 0.15) is 6.54 Å². The Morgan fingerprint density at radius 2 is 1.55 bits per heavy atom. The Balaban J connectivity index is 1.49. The molecule has 1 aromatic rings. The van der Waals surface area contributed by atoms with Gasteiger partial charge in [-0.25, -0.2) is 0 Å². The topological polar surface area (TPSA) is 82.6 Å². The van der Waals surface area contributed by atoms with Gasteiger partial charge in [-0.3, -0.25) is 24.2 Å². The average Bonchev–Trinajstić information content (AvgIpc) is 2.80. The van der Waals surface area contributed by atoms with Gasteiger partial charge < -0.3 is 19.3 Å². The second kappa shape index (κ2) is 11.8. The Bertz CT molecular complexity index is 731. The van der Waals surface area contributed by atoms with Crippen LogP contribution < -0.4 is 4.90 Å². The number of hydrogen-bond donors (Lipinski definition) is 0. The molecule has 0 aliphatic carbocycles. The summed E-state index contributed by atoms with van der Waals surface area (Å²) in [5.41, 5.74) is 0.676. The van der Waals surface area contributed by atoms with Gasteiger partial charge in [0, 0.05) is 45.0 Å². The van der Waals surface area contributed by atoms with Crippen molar-refractivity contribution in [3.63, 3.8) is 0 Å². The fraction of sp³-hybridized carbons (Fsp3) is 0.591. The first-order valence-electron chi connectivity index (χ1n) is 10.9. The van der Waals surface area contributed by atoms with Gasteiger partial charge in [0.2, 0.25) is 11.8 Å². The molecule has 0 N–H and O–H groups in total. The molecule has 0 atom stereocenters. The Morgan fingerprint density at radius 1 is 0.935 bits per heavy atom. The number of amides is 2. The third kappa shape index (κ3) is 7.02. The Kier molecular flexibility index (Phi) is 8.81. The number of para-hydroxylation sites is 1. The van der Waals surface area contributed by atoms with Crippen molar-refractivity contribution in [3.8, 4) is 0 Å². The highest BCUT2D eigenvalue weighted by molar-refractivity contribution is 5.98. The van der Waals surface area contributed by atoms with Gasteiger partial charge in [-0.2, -0.15) is 0 Å². The van der Waals surface area contributed by atoms with E-state index in [2.05, 4.69) is 9.80 Å². The normalized spacial score (nSPS) is 17.9. The fourth-order valence-corrected chi connectivity index (χ4v) is 3.75. The van der Waals surface area contributed by atoms with Crippen molar-refractivity contribution in [3.05, 3.63) is 30.3 Å². The van der Waals surface area contributed by atoms with E-state index in [0.717, 1.165) is 13.1 Å². The van der Waals surface area contributed by atoms with Crippen molar-refractivity contribution >= 4 is 23.5 Å². The first kappa shape index (κ1) is 23.2. The van der Waals surface area contributed by atoms with Gasteiger partial charge in [0.25, 0.3) is 0 Å². The average molecular weight is 433 g/mol. The predicted molar refractivity (Wildman–Crippen MR) is 116 cm³/mol. The van der Waals surface area contributed by atoms with E-state index in [1.165, 1.54) is 4.90 Å². The number of morpholine rings is 1. The minimum atomic E-state index is -0.425. The van der Waals surface area contributed by atoms with Crippen LogP contribution in [0.3, 0.4) is 0 Å². The first-order chi connectivity index (χ1) is 15.1. The van der Waals surface area contributed by atoms with Crippen molar-refractivity contribution in [2.75, 3.05) is 83.6 Å². The molecule has 0 unspecified atom stereocenters. The summed E-state index contributed by atoms with van der Waals surface area (Å²) >= 11 is 0. The van der Waals surface area contributed by atoms with E-state index in [0.29, 0.717) is 51.6 Å². The molecule has 2 aliphatic rings. The van der Waals surface area contributed by atoms with Gasteiger partial charge >= 0.3 is 5.97 Å². The van der Waals surface area contributed by atoms with Crippen molar-refractivity contribution in [2.24, 2.45) is 0 Å². The predicted octanol–water partition coefficient (Wildman–Crippen LogP) is 0.0591. The highest BCUT2D eigenvalue weighted by Crippen LogP contribution is 2.15. The largest absolute Gasteiger partial charge is 0.465 e. The van der Waals surface area contributed by atoms with E-state index in [1.54, 1.807) is 6.92 Å². The molecule has 3 rings (SSSR count). The first-order valence-corrected chi connectivity index (χ1v) is 10.9. The van der Waals surface area contributed by atoms with Crippen molar-refractivity contribution < 1.29 is 23.9 Å². The molecule has 0 aromatic heterocycles. The lowest BCUT2D eigenvalue weighted by molar-refractivity contribution is -0.142. The SMILES string of the molecule is CCOC(=O)CN(C(=O)CN1CCN(CC(=O)N2CCOCC2)CC1)c1ccccc1. The van der Waals surface area contributed by atoms with Crippen LogP contribution in [0.25, 0.3) is 0 Å². The minimum Gasteiger partial charge on any atom is -0.465 e. The maximum Gasteiger partial charge on any atom is 0.326 e. The number of nitrogens with zero attached hydrogens (tertiary/aromatic N) is 4. The van der Waals surface area contributed by atoms with Crippen LogP contribution in [-0.4, -0.2) is 111 Å². The maximum atomic E-state index is 13.0. The van der Waals surface area contributed by atoms with E-state index in [9.17, 15) is 14.4 Å². The molecule has 9 heteroatoms. The molecule has 0 spiro atoms. The molecule has 1 aromatic carbocycles. The van der Waals surface area contributed by atoms with Crippen LogP contribution in [0.2, 0.25) is 0 Å². The number of carbonyl (C=O) groups excluding carboxylic acids is 3. The maximum absolute atomic E-state index is 13.0. The third-order valence-electron chi connectivity index (χ3n) is 5.51. The number of carbonyl (C=O) groups is 3. The summed E-state index contributed by atoms with van der Waals surface area (Å²) in [5, 5.41) is 0. The molecule has 2 fully saturated rings. The monoisotopic (exact) mass is 432 g/mol. The van der Waals surface area contributed by atoms with Crippen LogP contribution in [0.5, 0.6) is 0 Å². The molecule has 31 heavy (non-hydrogen) atoms. The fourth-order valence-electron chi connectivity index (χ4n) is 3.75. The van der Waals surface area contributed by atoms with E-state index in [1.807, 2.05) is 35.2 Å². The van der Waals surface area contributed by atoms with Crippen molar-refractivity contribution in [2.45, 2.75) is 6.92 Å². The van der Waals surface area contributed by atoms with Gasteiger partial charge in [-0.15, -0.1) is 0 Å². The molecular weight excluding hydrogens is 400 g/mol. The molecule has 2 heterocycles. The second-order valence-corrected chi connectivity index (χ2v) is 7.67. The zero-order chi connectivity index (χ0) is 22.1. The molecule has 0 saturated carbocycles. The Morgan fingerprint density at radius 3 is 2.16 bits per heavy atom. The van der Waals surface area contributed by atoms with Crippen LogP contribution in [0.1, 0.15) is 6.92 Å². The van der Waals surface area contributed by atoms with Crippen LogP contribution in [0.4, 0.5) is 5.69 Å². The third-order valence-corrected chi connectivity index (χ3v) is 5.51. The lowest BCUT2D eigenvalue weighted by Crippen LogP contribution is -2.53. The van der Waals surface area contributed by atoms with Gasteiger partial charge in [-0.05, 0) is 19.1 Å². The zero-order valence-corrected chi connectivity index (χ0v) is 18.2. The molecule has 9 nitrogen and oxygen atoms in total. The number of esters is 1. The Labute approximate surface area is 183 Å². The number of piperazine rings is 1. The number of hydrogen-bond acceptors (Lipinski definition) is 7. The van der Waals surface area contributed by atoms with Gasteiger partial charge in [0.15, 0.2) is 0 Å². The summed E-state index contributed by atoms with van der Waals surface area (Å²) in [6, 6.07) is 9.17. The van der Waals surface area contributed by atoms with Crippen LogP contribution >= 0.6 is 0 Å². The number of anilines is 1. The van der Waals surface area contributed by atoms with Gasteiger partial charge in [-0.1, -0.05) is 18.2 Å². The molecule has 2 amide bonds. The van der Waals surface area contributed by atoms with E-state index in [4.69, 9.17) is 9.47 Å². The van der Waals surface area contributed by atoms with E-state index >= 15 is 0 Å². The smallest absolute Gasteiger partial charge is 0.326 e. The van der Waals surface area contributed by atoms with E-state index in [-0.39, 0.29) is 31.5 Å². The number of ether oxygens (including phenoxy) is 2. The number of rotatable bonds is 8. The lowest BCUT2D eigenvalue weighted by atomic mass is 10.2. The highest BCUT2D eigenvalue weighted by Gasteiger charge is 2.26. The van der Waals surface area contributed by atoms with Crippen molar-refractivity contribution in [1.29, 1.82) is 0 Å². The van der Waals surface area contributed by atoms with Crippen LogP contribution in [-0.2, 0) is 23.9 Å². The lowest BCUT2D eigenvalue weighted by Gasteiger charge is -2.36. The summed E-state index contributed by atoms with van der Waals surface area (Å²) in [7, 11) is 0. The summed E-state index contributed by atoms with van der Waals surface area (Å²) < 4.78 is 10.3. The molecule has 0 bridgehead atoms. The van der Waals surface area contributed by atoms with Crippen LogP contribution in [0, 0.1) is 0 Å². The minimum absolute atomic E-state index is 0.106. The van der Waals surface area contributed by atoms with Crippen molar-refractivity contribution in [1.82, 2.24) is 14.7 Å². The van der Waals surface area contributed by atoms with E-state index < -0.39 is 5.97 Å². The summed E-state index contributed by atoms with van der Waals surface area (Å²) in [6.45, 7) is 7.91. The second-order valence-electron chi connectivity index (χ2n) is 7.67. The number of benzene rings is 1. The molecular formula is C22H32N4O5. The van der Waals surface area contributed by atoms with Gasteiger partial charge in [0.05, 0.1) is 32.9 Å². The molecule has 2 aliphatic heterocycles. The summed E-state index contributed by atoms with van der Waals surface area (Å²) in [4.78, 5) is 45.0. The highest BCUT2D eigenvalue weighted by atomic mass is 16.5. The zero-order valence-electron chi connectivity index (χ0n) is 18.2. The molecule has 0 radical (unpaired) electrons. The summed E-state index contributed by atoms with van der Waals surface area (Å²) in [6.07, 6.45) is 0. The molecule has 2 saturated heterocycles. The summed E-state index contributed by atoms with van der Waals surface area (Å²) in [5.74, 6) is -0.430. The Hall–Kier alpha value is -2.49. The standard InChI is InChI=1S/C22H32N4O5/c1-2-31-22(29)18-26(19-6-4-3-5-7-19)21(28)17-24-10-8-23(9-11-24)16-20(27)25-12-14-30-15-13-25/h3-7H,2,8-18H2,1H3. The van der Waals surface area contributed by atoms with Crippen LogP contribution in [0.15, 0.2) is 30.3 Å². The molecule has 170 valence electrons. The quantitative estimate of drug-likeness (QED) is 0.537.